The first-order chi connectivity index (χ1) is 8.32. The quantitative estimate of drug-likeness (QED) is 0.246. The number of nitrogens with two attached hydrogens (primary N) is 2. The lowest BCUT2D eigenvalue weighted by molar-refractivity contribution is -0.151. The summed E-state index contributed by atoms with van der Waals surface area (Å²) in [6, 6.07) is -0.654. The van der Waals surface area contributed by atoms with Crippen molar-refractivity contribution in [1.82, 2.24) is 5.32 Å². The highest BCUT2D eigenvalue weighted by atomic mass is 16.5. The Morgan fingerprint density at radius 3 is 2.39 bits per heavy atom. The maximum atomic E-state index is 11.7. The van der Waals surface area contributed by atoms with Crippen LogP contribution in [0.25, 0.3) is 0 Å². The Bertz CT molecular complexity index is 311. The average molecular weight is 258 g/mol. The number of hydrogen-bond acceptors (Lipinski definition) is 4. The van der Waals surface area contributed by atoms with Crippen LogP contribution in [0.5, 0.6) is 0 Å². The SMILES string of the molecule is CC(=O)N[C@@H](CCCN=C(N)N)C(=O)OC(C)C. The second kappa shape index (κ2) is 8.32. The summed E-state index contributed by atoms with van der Waals surface area (Å²) in [6.07, 6.45) is 0.796. The molecule has 0 unspecified atom stereocenters. The molecule has 0 aliphatic heterocycles. The molecular formula is C11H22N4O3. The molecule has 0 aliphatic carbocycles. The maximum absolute atomic E-state index is 11.7. The van der Waals surface area contributed by atoms with Gasteiger partial charge < -0.3 is 21.5 Å². The first-order valence-electron chi connectivity index (χ1n) is 5.86. The van der Waals surface area contributed by atoms with E-state index in [1.165, 1.54) is 6.92 Å². The molecule has 0 fully saturated rings. The molecule has 0 aromatic rings. The Hall–Kier alpha value is -1.79. The van der Waals surface area contributed by atoms with Gasteiger partial charge in [0.25, 0.3) is 0 Å². The predicted molar refractivity (Wildman–Crippen MR) is 68.7 cm³/mol. The highest BCUT2D eigenvalue weighted by Gasteiger charge is 2.21. The predicted octanol–water partition coefficient (Wildman–Crippen LogP) is -0.504. The van der Waals surface area contributed by atoms with Crippen LogP contribution in [-0.2, 0) is 14.3 Å². The number of aliphatic imine (C=N–C) groups is 1. The minimum Gasteiger partial charge on any atom is -0.461 e. The summed E-state index contributed by atoms with van der Waals surface area (Å²) >= 11 is 0. The number of esters is 1. The van der Waals surface area contributed by atoms with E-state index in [1.807, 2.05) is 0 Å². The molecule has 0 rings (SSSR count). The molecule has 0 bridgehead atoms. The van der Waals surface area contributed by atoms with Crippen LogP contribution in [0.4, 0.5) is 0 Å². The molecule has 18 heavy (non-hydrogen) atoms. The zero-order valence-corrected chi connectivity index (χ0v) is 11.1. The molecule has 1 atom stereocenters. The molecule has 0 aromatic carbocycles. The highest BCUT2D eigenvalue weighted by Crippen LogP contribution is 2.03. The van der Waals surface area contributed by atoms with Gasteiger partial charge in [-0.1, -0.05) is 0 Å². The Morgan fingerprint density at radius 1 is 1.33 bits per heavy atom. The molecule has 0 heterocycles. The van der Waals surface area contributed by atoms with Gasteiger partial charge in [0.15, 0.2) is 5.96 Å². The van der Waals surface area contributed by atoms with Gasteiger partial charge in [0.05, 0.1) is 6.10 Å². The normalized spacial score (nSPS) is 11.8. The van der Waals surface area contributed by atoms with Crippen LogP contribution in [0.1, 0.15) is 33.6 Å². The van der Waals surface area contributed by atoms with Crippen LogP contribution in [0.3, 0.4) is 0 Å². The van der Waals surface area contributed by atoms with E-state index < -0.39 is 12.0 Å². The average Bonchev–Trinajstić information content (AvgIpc) is 2.20. The van der Waals surface area contributed by atoms with Crippen LogP contribution in [-0.4, -0.2) is 36.5 Å². The molecule has 0 saturated heterocycles. The van der Waals surface area contributed by atoms with Crippen molar-refractivity contribution >= 4 is 17.8 Å². The summed E-state index contributed by atoms with van der Waals surface area (Å²) in [7, 11) is 0. The minimum absolute atomic E-state index is 0.0100. The smallest absolute Gasteiger partial charge is 0.328 e. The third-order valence-electron chi connectivity index (χ3n) is 1.96. The van der Waals surface area contributed by atoms with Gasteiger partial charge >= 0.3 is 5.97 Å². The van der Waals surface area contributed by atoms with Gasteiger partial charge in [-0.05, 0) is 26.7 Å². The number of rotatable bonds is 7. The molecule has 7 nitrogen and oxygen atoms in total. The van der Waals surface area contributed by atoms with Gasteiger partial charge in [0.2, 0.25) is 5.91 Å². The zero-order valence-electron chi connectivity index (χ0n) is 11.1. The van der Waals surface area contributed by atoms with Gasteiger partial charge in [0, 0.05) is 13.5 Å². The van der Waals surface area contributed by atoms with Crippen molar-refractivity contribution in [2.75, 3.05) is 6.54 Å². The summed E-state index contributed by atoms with van der Waals surface area (Å²) in [5, 5.41) is 2.55. The third-order valence-corrected chi connectivity index (χ3v) is 1.96. The Labute approximate surface area is 107 Å². The van der Waals surface area contributed by atoms with Gasteiger partial charge in [-0.25, -0.2) is 4.79 Å². The second-order valence-electron chi connectivity index (χ2n) is 4.19. The zero-order chi connectivity index (χ0) is 14.1. The summed E-state index contributed by atoms with van der Waals surface area (Å²) in [6.45, 7) is 5.27. The molecular weight excluding hydrogens is 236 g/mol. The molecule has 5 N–H and O–H groups in total. The summed E-state index contributed by atoms with van der Waals surface area (Å²) in [5.41, 5.74) is 10.4. The molecule has 0 saturated carbocycles. The fraction of sp³-hybridized carbons (Fsp3) is 0.727. The van der Waals surface area contributed by atoms with Gasteiger partial charge in [-0.2, -0.15) is 0 Å². The van der Waals surface area contributed by atoms with E-state index in [0.717, 1.165) is 0 Å². The van der Waals surface area contributed by atoms with Crippen molar-refractivity contribution < 1.29 is 14.3 Å². The fourth-order valence-electron chi connectivity index (χ4n) is 1.31. The Morgan fingerprint density at radius 2 is 1.94 bits per heavy atom. The first kappa shape index (κ1) is 16.2. The van der Waals surface area contributed by atoms with Crippen LogP contribution in [0.15, 0.2) is 4.99 Å². The number of amides is 1. The number of carbonyl (C=O) groups is 2. The molecule has 0 spiro atoms. The van der Waals surface area contributed by atoms with E-state index in [1.54, 1.807) is 13.8 Å². The largest absolute Gasteiger partial charge is 0.461 e. The van der Waals surface area contributed by atoms with Crippen molar-refractivity contribution in [3.8, 4) is 0 Å². The highest BCUT2D eigenvalue weighted by molar-refractivity contribution is 5.83. The van der Waals surface area contributed by atoms with Crippen LogP contribution >= 0.6 is 0 Å². The van der Waals surface area contributed by atoms with Crippen LogP contribution in [0.2, 0.25) is 0 Å². The van der Waals surface area contributed by atoms with Gasteiger partial charge in [-0.3, -0.25) is 9.79 Å². The van der Waals surface area contributed by atoms with Gasteiger partial charge in [0.1, 0.15) is 6.04 Å². The van der Waals surface area contributed by atoms with Crippen molar-refractivity contribution in [2.45, 2.75) is 45.8 Å². The van der Waals surface area contributed by atoms with E-state index in [0.29, 0.717) is 19.4 Å². The second-order valence-corrected chi connectivity index (χ2v) is 4.19. The molecule has 104 valence electrons. The van der Waals surface area contributed by atoms with E-state index >= 15 is 0 Å². The van der Waals surface area contributed by atoms with E-state index in [2.05, 4.69) is 10.3 Å². The monoisotopic (exact) mass is 258 g/mol. The molecule has 1 amide bonds. The lowest BCUT2D eigenvalue weighted by atomic mass is 10.1. The van der Waals surface area contributed by atoms with Crippen molar-refractivity contribution in [1.29, 1.82) is 0 Å². The fourth-order valence-corrected chi connectivity index (χ4v) is 1.31. The number of guanidine groups is 1. The Balaban J connectivity index is 4.26. The van der Waals surface area contributed by atoms with E-state index in [-0.39, 0.29) is 18.0 Å². The molecule has 0 radical (unpaired) electrons. The summed E-state index contributed by atoms with van der Waals surface area (Å²) in [5.74, 6) is -0.705. The number of nitrogens with zero attached hydrogens (tertiary/aromatic N) is 1. The molecule has 0 aliphatic rings. The first-order valence-corrected chi connectivity index (χ1v) is 5.86. The third kappa shape index (κ3) is 8.37. The van der Waals surface area contributed by atoms with Crippen molar-refractivity contribution in [3.05, 3.63) is 0 Å². The molecule has 0 aromatic heterocycles. The Kier molecular flexibility index (Phi) is 7.50. The lowest BCUT2D eigenvalue weighted by Gasteiger charge is -2.18. The van der Waals surface area contributed by atoms with Crippen LogP contribution < -0.4 is 16.8 Å². The van der Waals surface area contributed by atoms with E-state index in [4.69, 9.17) is 16.2 Å². The number of nitrogens with one attached hydrogen (secondary N) is 1. The minimum atomic E-state index is -0.654. The number of ether oxygens (including phenoxy) is 1. The number of carbonyl (C=O) groups excluding carboxylic acids is 2. The summed E-state index contributed by atoms with van der Waals surface area (Å²) in [4.78, 5) is 26.5. The maximum Gasteiger partial charge on any atom is 0.328 e. The molecule has 7 heteroatoms. The van der Waals surface area contributed by atoms with Crippen LogP contribution in [0, 0.1) is 0 Å². The lowest BCUT2D eigenvalue weighted by Crippen LogP contribution is -2.41. The van der Waals surface area contributed by atoms with Crippen molar-refractivity contribution in [3.63, 3.8) is 0 Å². The standard InChI is InChI=1S/C11H22N4O3/c1-7(2)18-10(17)9(15-8(3)16)5-4-6-14-11(12)13/h7,9H,4-6H2,1-3H3,(H,15,16)(H4,12,13,14)/t9-/m0/s1. The van der Waals surface area contributed by atoms with Gasteiger partial charge in [-0.15, -0.1) is 0 Å². The van der Waals surface area contributed by atoms with Crippen molar-refractivity contribution in [2.24, 2.45) is 16.5 Å². The summed E-state index contributed by atoms with van der Waals surface area (Å²) < 4.78 is 5.05. The number of hydrogen-bond donors (Lipinski definition) is 3. The topological polar surface area (TPSA) is 120 Å². The van der Waals surface area contributed by atoms with E-state index in [9.17, 15) is 9.59 Å².